The highest BCUT2D eigenvalue weighted by Crippen LogP contribution is 2.05. The van der Waals surface area contributed by atoms with Crippen LogP contribution in [-0.2, 0) is 30.4 Å². The Bertz CT molecular complexity index is 848. The summed E-state index contributed by atoms with van der Waals surface area (Å²) in [6.45, 7) is 0.453. The Balaban J connectivity index is 2.96. The van der Waals surface area contributed by atoms with Crippen molar-refractivity contribution in [3.05, 3.63) is 35.9 Å². The van der Waals surface area contributed by atoms with Gasteiger partial charge in [-0.1, -0.05) is 30.3 Å². The number of carboxylic acid groups (broad SMARTS) is 1. The van der Waals surface area contributed by atoms with Gasteiger partial charge in [0.15, 0.2) is 0 Å². The van der Waals surface area contributed by atoms with Gasteiger partial charge in [-0.2, -0.15) is 0 Å². The van der Waals surface area contributed by atoms with Crippen molar-refractivity contribution in [1.82, 2.24) is 16.0 Å². The molecule has 13 nitrogen and oxygen atoms in total. The predicted molar refractivity (Wildman–Crippen MR) is 114 cm³/mol. The number of aliphatic hydroxyl groups is 2. The monoisotopic (exact) mass is 467 g/mol. The van der Waals surface area contributed by atoms with Crippen LogP contribution in [0.2, 0.25) is 0 Å². The third-order valence-corrected chi connectivity index (χ3v) is 4.53. The van der Waals surface area contributed by atoms with Crippen LogP contribution < -0.4 is 27.4 Å². The predicted octanol–water partition coefficient (Wildman–Crippen LogP) is -3.66. The zero-order valence-electron chi connectivity index (χ0n) is 17.9. The molecular weight excluding hydrogens is 438 g/mol. The van der Waals surface area contributed by atoms with Crippen LogP contribution in [0.15, 0.2) is 30.3 Å². The molecule has 182 valence electrons. The molecule has 4 amide bonds. The van der Waals surface area contributed by atoms with Gasteiger partial charge >= 0.3 is 5.97 Å². The van der Waals surface area contributed by atoms with Crippen molar-refractivity contribution in [3.63, 3.8) is 0 Å². The van der Waals surface area contributed by atoms with Crippen molar-refractivity contribution in [1.29, 1.82) is 0 Å². The first kappa shape index (κ1) is 27.5. The molecule has 0 saturated heterocycles. The van der Waals surface area contributed by atoms with Crippen LogP contribution in [0.3, 0.4) is 0 Å². The van der Waals surface area contributed by atoms with Gasteiger partial charge in [-0.3, -0.25) is 19.2 Å². The number of aliphatic hydroxyl groups excluding tert-OH is 2. The first-order valence-electron chi connectivity index (χ1n) is 9.96. The molecule has 1 aromatic carbocycles. The zero-order chi connectivity index (χ0) is 25.1. The van der Waals surface area contributed by atoms with Crippen LogP contribution in [0.25, 0.3) is 0 Å². The normalized spacial score (nSPS) is 15.3. The number of carboxylic acids is 1. The Hall–Kier alpha value is -3.55. The Morgan fingerprint density at radius 3 is 2.00 bits per heavy atom. The van der Waals surface area contributed by atoms with Gasteiger partial charge in [0.1, 0.15) is 24.2 Å². The minimum absolute atomic E-state index is 0.0538. The molecule has 0 spiro atoms. The van der Waals surface area contributed by atoms with E-state index < -0.39 is 72.9 Å². The fourth-order valence-electron chi connectivity index (χ4n) is 2.74. The third-order valence-electron chi connectivity index (χ3n) is 4.53. The van der Waals surface area contributed by atoms with Gasteiger partial charge in [-0.15, -0.1) is 0 Å². The quantitative estimate of drug-likeness (QED) is 0.142. The second kappa shape index (κ2) is 13.1. The molecule has 0 aliphatic rings. The number of amides is 4. The lowest BCUT2D eigenvalue weighted by Crippen LogP contribution is -2.60. The molecule has 0 fully saturated rings. The van der Waals surface area contributed by atoms with Crippen molar-refractivity contribution in [2.24, 2.45) is 11.5 Å². The van der Waals surface area contributed by atoms with E-state index in [9.17, 15) is 34.2 Å². The van der Waals surface area contributed by atoms with Crippen LogP contribution in [0.1, 0.15) is 18.9 Å². The molecule has 0 bridgehead atoms. The first-order chi connectivity index (χ1) is 15.5. The average molecular weight is 467 g/mol. The minimum atomic E-state index is -1.62. The molecule has 1 aromatic rings. The maximum atomic E-state index is 12.7. The molecule has 5 unspecified atom stereocenters. The van der Waals surface area contributed by atoms with Crippen LogP contribution in [-0.4, -0.2) is 81.8 Å². The SMILES string of the molecule is CC(O)C(NC(=O)C(CC(N)=O)NC(=O)C(N)CO)C(=O)NC(Cc1ccccc1)C(=O)O. The van der Waals surface area contributed by atoms with E-state index in [0.717, 1.165) is 0 Å². The number of primary amides is 1. The maximum absolute atomic E-state index is 12.7. The summed E-state index contributed by atoms with van der Waals surface area (Å²) < 4.78 is 0. The average Bonchev–Trinajstić information content (AvgIpc) is 2.75. The Morgan fingerprint density at radius 1 is 0.939 bits per heavy atom. The molecule has 0 heterocycles. The summed E-state index contributed by atoms with van der Waals surface area (Å²) in [5, 5.41) is 34.9. The number of benzene rings is 1. The molecule has 1 rings (SSSR count). The molecule has 0 radical (unpaired) electrons. The summed E-state index contributed by atoms with van der Waals surface area (Å²) in [5.74, 6) is -5.30. The smallest absolute Gasteiger partial charge is 0.326 e. The van der Waals surface area contributed by atoms with Crippen molar-refractivity contribution in [3.8, 4) is 0 Å². The maximum Gasteiger partial charge on any atom is 0.326 e. The number of nitrogens with one attached hydrogen (secondary N) is 3. The van der Waals surface area contributed by atoms with Gasteiger partial charge in [0, 0.05) is 6.42 Å². The standard InChI is InChI=1S/C20H29N5O8/c1-10(27)16(19(31)24-14(20(32)33)7-11-5-3-2-4-6-11)25-18(30)13(8-15(22)28)23-17(29)12(21)9-26/h2-6,10,12-14,16,26-27H,7-9,21H2,1H3,(H2,22,28)(H,23,29)(H,24,31)(H,25,30)(H,32,33). The molecule has 0 aromatic heterocycles. The second-order valence-electron chi connectivity index (χ2n) is 7.34. The number of hydrogen-bond acceptors (Lipinski definition) is 8. The van der Waals surface area contributed by atoms with E-state index in [1.54, 1.807) is 30.3 Å². The number of carbonyl (C=O) groups excluding carboxylic acids is 4. The molecular formula is C20H29N5O8. The van der Waals surface area contributed by atoms with Crippen molar-refractivity contribution >= 4 is 29.6 Å². The van der Waals surface area contributed by atoms with Crippen LogP contribution in [0.5, 0.6) is 0 Å². The van der Waals surface area contributed by atoms with Gasteiger partial charge in [0.25, 0.3) is 0 Å². The summed E-state index contributed by atoms with van der Waals surface area (Å²) in [4.78, 5) is 60.1. The summed E-state index contributed by atoms with van der Waals surface area (Å²) in [6, 6.07) is 2.57. The number of hydrogen-bond donors (Lipinski definition) is 8. The van der Waals surface area contributed by atoms with Crippen molar-refractivity contribution < 1.29 is 39.3 Å². The van der Waals surface area contributed by atoms with Crippen molar-refractivity contribution in [2.45, 2.75) is 50.0 Å². The third kappa shape index (κ3) is 9.22. The molecule has 0 aliphatic heterocycles. The number of nitrogens with two attached hydrogens (primary N) is 2. The lowest BCUT2D eigenvalue weighted by molar-refractivity contribution is -0.143. The highest BCUT2D eigenvalue weighted by Gasteiger charge is 2.33. The first-order valence-corrected chi connectivity index (χ1v) is 9.96. The topological polar surface area (TPSA) is 234 Å². The fraction of sp³-hybridized carbons (Fsp3) is 0.450. The lowest BCUT2D eigenvalue weighted by atomic mass is 10.0. The fourth-order valence-corrected chi connectivity index (χ4v) is 2.74. The number of carbonyl (C=O) groups is 5. The van der Waals surface area contributed by atoms with Crippen LogP contribution in [0, 0.1) is 0 Å². The number of aliphatic carboxylic acids is 1. The summed E-state index contributed by atoms with van der Waals surface area (Å²) >= 11 is 0. The summed E-state index contributed by atoms with van der Waals surface area (Å²) in [6.07, 6.45) is -2.18. The van der Waals surface area contributed by atoms with E-state index in [-0.39, 0.29) is 6.42 Å². The highest BCUT2D eigenvalue weighted by molar-refractivity contribution is 5.96. The van der Waals surface area contributed by atoms with Gasteiger partial charge in [-0.05, 0) is 12.5 Å². The van der Waals surface area contributed by atoms with E-state index in [4.69, 9.17) is 16.6 Å². The largest absolute Gasteiger partial charge is 0.480 e. The molecule has 33 heavy (non-hydrogen) atoms. The molecule has 13 heteroatoms. The second-order valence-corrected chi connectivity index (χ2v) is 7.34. The van der Waals surface area contributed by atoms with E-state index in [1.807, 2.05) is 0 Å². The Morgan fingerprint density at radius 2 is 1.52 bits per heavy atom. The molecule has 10 N–H and O–H groups in total. The van der Waals surface area contributed by atoms with Crippen LogP contribution >= 0.6 is 0 Å². The van der Waals surface area contributed by atoms with E-state index in [0.29, 0.717) is 5.56 Å². The minimum Gasteiger partial charge on any atom is -0.480 e. The molecule has 0 saturated carbocycles. The van der Waals surface area contributed by atoms with E-state index in [1.165, 1.54) is 6.92 Å². The zero-order valence-corrected chi connectivity index (χ0v) is 17.9. The van der Waals surface area contributed by atoms with Gasteiger partial charge < -0.3 is 42.7 Å². The molecule has 0 aliphatic carbocycles. The van der Waals surface area contributed by atoms with Gasteiger partial charge in [-0.25, -0.2) is 4.79 Å². The number of rotatable bonds is 13. The Labute approximate surface area is 189 Å². The summed E-state index contributed by atoms with van der Waals surface area (Å²) in [5.41, 5.74) is 11.1. The van der Waals surface area contributed by atoms with E-state index in [2.05, 4.69) is 16.0 Å². The van der Waals surface area contributed by atoms with Gasteiger partial charge in [0.05, 0.1) is 19.1 Å². The van der Waals surface area contributed by atoms with Gasteiger partial charge in [0.2, 0.25) is 23.6 Å². The highest BCUT2D eigenvalue weighted by atomic mass is 16.4. The molecule has 5 atom stereocenters. The van der Waals surface area contributed by atoms with Crippen LogP contribution in [0.4, 0.5) is 0 Å². The Kier molecular flexibility index (Phi) is 10.9. The summed E-state index contributed by atoms with van der Waals surface area (Å²) in [7, 11) is 0. The lowest BCUT2D eigenvalue weighted by Gasteiger charge is -2.26. The van der Waals surface area contributed by atoms with Crippen molar-refractivity contribution in [2.75, 3.05) is 6.61 Å². The van der Waals surface area contributed by atoms with E-state index >= 15 is 0 Å².